The van der Waals surface area contributed by atoms with Crippen LogP contribution in [0.25, 0.3) is 0 Å². The molecule has 0 saturated heterocycles. The van der Waals surface area contributed by atoms with Crippen molar-refractivity contribution < 1.29 is 17.9 Å². The maximum Gasteiger partial charge on any atom is 0.224 e. The number of carbonyl (C=O) groups excluding carboxylic acids is 1. The third kappa shape index (κ3) is 3.71. The van der Waals surface area contributed by atoms with Gasteiger partial charge in [-0.05, 0) is 42.3 Å². The Kier molecular flexibility index (Phi) is 4.34. The average molecular weight is 331 g/mol. The van der Waals surface area contributed by atoms with Crippen LogP contribution in [0.3, 0.4) is 0 Å². The van der Waals surface area contributed by atoms with E-state index in [0.717, 1.165) is 11.3 Å². The molecule has 0 spiro atoms. The van der Waals surface area contributed by atoms with E-state index in [9.17, 15) is 13.2 Å². The summed E-state index contributed by atoms with van der Waals surface area (Å²) in [5, 5.41) is 2.80. The number of carbonyl (C=O) groups is 1. The van der Waals surface area contributed by atoms with Gasteiger partial charge in [0.2, 0.25) is 5.91 Å². The van der Waals surface area contributed by atoms with Gasteiger partial charge in [0.25, 0.3) is 0 Å². The molecule has 0 bridgehead atoms. The molecular weight excluding hydrogens is 314 g/mol. The van der Waals surface area contributed by atoms with Crippen molar-refractivity contribution in [2.75, 3.05) is 17.7 Å². The van der Waals surface area contributed by atoms with Gasteiger partial charge in [0.05, 0.1) is 10.6 Å². The summed E-state index contributed by atoms with van der Waals surface area (Å²) >= 11 is 0. The summed E-state index contributed by atoms with van der Waals surface area (Å²) in [5.41, 5.74) is 1.80. The number of benzene rings is 2. The van der Waals surface area contributed by atoms with E-state index in [1.54, 1.807) is 42.5 Å². The molecule has 2 aromatic rings. The topological polar surface area (TPSA) is 72.5 Å². The van der Waals surface area contributed by atoms with Gasteiger partial charge in [0, 0.05) is 12.1 Å². The number of amides is 1. The van der Waals surface area contributed by atoms with Gasteiger partial charge in [-0.1, -0.05) is 18.2 Å². The molecular formula is C17H17NO4S. The van der Waals surface area contributed by atoms with Gasteiger partial charge in [-0.2, -0.15) is 0 Å². The van der Waals surface area contributed by atoms with Crippen LogP contribution in [0.15, 0.2) is 53.4 Å². The molecule has 1 aliphatic heterocycles. The third-order valence-electron chi connectivity index (χ3n) is 3.70. The number of ether oxygens (including phenoxy) is 1. The summed E-state index contributed by atoms with van der Waals surface area (Å²) in [6.07, 6.45) is 1.12. The van der Waals surface area contributed by atoms with E-state index in [-0.39, 0.29) is 18.3 Å². The molecule has 3 rings (SSSR count). The van der Waals surface area contributed by atoms with Gasteiger partial charge < -0.3 is 10.1 Å². The normalized spacial score (nSPS) is 14.0. The molecule has 0 unspecified atom stereocenters. The highest BCUT2D eigenvalue weighted by Gasteiger charge is 2.16. The maximum atomic E-state index is 12.2. The Morgan fingerprint density at radius 1 is 1.04 bits per heavy atom. The van der Waals surface area contributed by atoms with Crippen LogP contribution < -0.4 is 10.1 Å². The Hall–Kier alpha value is -2.34. The molecule has 0 atom stereocenters. The van der Waals surface area contributed by atoms with E-state index in [0.29, 0.717) is 23.5 Å². The zero-order chi connectivity index (χ0) is 16.3. The quantitative estimate of drug-likeness (QED) is 0.913. The number of hydrogen-bond donors (Lipinski definition) is 1. The smallest absolute Gasteiger partial charge is 0.224 e. The number of rotatable bonds is 5. The first-order valence-corrected chi connectivity index (χ1v) is 9.03. The second-order valence-corrected chi connectivity index (χ2v) is 7.46. The fourth-order valence-corrected chi connectivity index (χ4v) is 3.57. The summed E-state index contributed by atoms with van der Waals surface area (Å²) in [5.74, 6) is 0.550. The van der Waals surface area contributed by atoms with Gasteiger partial charge in [-0.3, -0.25) is 4.79 Å². The van der Waals surface area contributed by atoms with Crippen LogP contribution in [-0.2, 0) is 21.1 Å². The average Bonchev–Trinajstić information content (AvgIpc) is 2.55. The van der Waals surface area contributed by atoms with Gasteiger partial charge in [-0.15, -0.1) is 0 Å². The lowest BCUT2D eigenvalue weighted by atomic mass is 10.0. The van der Waals surface area contributed by atoms with Crippen molar-refractivity contribution in [1.82, 2.24) is 0 Å². The molecule has 6 heteroatoms. The van der Waals surface area contributed by atoms with E-state index < -0.39 is 9.84 Å². The summed E-state index contributed by atoms with van der Waals surface area (Å²) in [6, 6.07) is 13.7. The molecule has 5 nitrogen and oxygen atoms in total. The Bertz CT molecular complexity index is 816. The van der Waals surface area contributed by atoms with Crippen LogP contribution in [0.1, 0.15) is 12.0 Å². The van der Waals surface area contributed by atoms with Crippen molar-refractivity contribution in [3.05, 3.63) is 54.1 Å². The Balaban J connectivity index is 1.62. The van der Waals surface area contributed by atoms with Crippen LogP contribution >= 0.6 is 0 Å². The number of anilines is 1. The molecule has 0 fully saturated rings. The Morgan fingerprint density at radius 2 is 1.83 bits per heavy atom. The Labute approximate surface area is 135 Å². The lowest BCUT2D eigenvalue weighted by Gasteiger charge is -2.17. The summed E-state index contributed by atoms with van der Waals surface area (Å²) in [7, 11) is -3.34. The van der Waals surface area contributed by atoms with E-state index in [1.807, 2.05) is 6.07 Å². The van der Waals surface area contributed by atoms with Gasteiger partial charge in [-0.25, -0.2) is 8.42 Å². The number of nitrogens with one attached hydrogen (secondary N) is 1. The molecule has 0 aliphatic carbocycles. The molecule has 1 heterocycles. The van der Waals surface area contributed by atoms with E-state index in [2.05, 4.69) is 5.32 Å². The zero-order valence-corrected chi connectivity index (χ0v) is 13.3. The van der Waals surface area contributed by atoms with Crippen molar-refractivity contribution in [2.45, 2.75) is 17.7 Å². The van der Waals surface area contributed by atoms with Crippen molar-refractivity contribution in [1.29, 1.82) is 0 Å². The first kappa shape index (κ1) is 15.6. The number of aryl methyl sites for hydroxylation is 1. The van der Waals surface area contributed by atoms with Gasteiger partial charge in [0.1, 0.15) is 12.4 Å². The lowest BCUT2D eigenvalue weighted by molar-refractivity contribution is -0.116. The standard InChI is InChI=1S/C17H17NO4S/c19-17-9-6-13-12-14(7-8-16(13)18-17)22-10-11-23(20,21)15-4-2-1-3-5-15/h1-5,7-8,12H,6,9-11H2,(H,18,19). The summed E-state index contributed by atoms with van der Waals surface area (Å²) < 4.78 is 29.9. The minimum atomic E-state index is -3.34. The van der Waals surface area contributed by atoms with Crippen LogP contribution in [0, 0.1) is 0 Å². The Morgan fingerprint density at radius 3 is 2.61 bits per heavy atom. The van der Waals surface area contributed by atoms with E-state index in [1.165, 1.54) is 0 Å². The minimum absolute atomic E-state index is 0.0140. The SMILES string of the molecule is O=C1CCc2cc(OCCS(=O)(=O)c3ccccc3)ccc2N1. The molecule has 0 radical (unpaired) electrons. The predicted octanol–water partition coefficient (Wildman–Crippen LogP) is 2.42. The molecule has 1 aliphatic rings. The highest BCUT2D eigenvalue weighted by atomic mass is 32.2. The van der Waals surface area contributed by atoms with Crippen molar-refractivity contribution in [3.63, 3.8) is 0 Å². The molecule has 1 N–H and O–H groups in total. The minimum Gasteiger partial charge on any atom is -0.493 e. The van der Waals surface area contributed by atoms with Crippen LogP contribution in [0.5, 0.6) is 5.75 Å². The fourth-order valence-electron chi connectivity index (χ4n) is 2.46. The predicted molar refractivity (Wildman–Crippen MR) is 87.4 cm³/mol. The largest absolute Gasteiger partial charge is 0.493 e. The first-order valence-electron chi connectivity index (χ1n) is 7.38. The molecule has 23 heavy (non-hydrogen) atoms. The van der Waals surface area contributed by atoms with Crippen LogP contribution in [-0.4, -0.2) is 26.7 Å². The van der Waals surface area contributed by atoms with Crippen LogP contribution in [0.2, 0.25) is 0 Å². The first-order chi connectivity index (χ1) is 11.0. The number of hydrogen-bond acceptors (Lipinski definition) is 4. The highest BCUT2D eigenvalue weighted by Crippen LogP contribution is 2.26. The molecule has 2 aromatic carbocycles. The molecule has 1 amide bonds. The lowest BCUT2D eigenvalue weighted by Crippen LogP contribution is -2.19. The number of sulfone groups is 1. The van der Waals surface area contributed by atoms with Crippen LogP contribution in [0.4, 0.5) is 5.69 Å². The molecule has 120 valence electrons. The molecule has 0 saturated carbocycles. The van der Waals surface area contributed by atoms with E-state index >= 15 is 0 Å². The van der Waals surface area contributed by atoms with Crippen molar-refractivity contribution >= 4 is 21.4 Å². The second kappa shape index (κ2) is 6.42. The zero-order valence-electron chi connectivity index (χ0n) is 12.5. The number of fused-ring (bicyclic) bond motifs is 1. The van der Waals surface area contributed by atoms with Gasteiger partial charge in [0.15, 0.2) is 9.84 Å². The highest BCUT2D eigenvalue weighted by molar-refractivity contribution is 7.91. The van der Waals surface area contributed by atoms with Crippen molar-refractivity contribution in [2.24, 2.45) is 0 Å². The summed E-state index contributed by atoms with van der Waals surface area (Å²) in [4.78, 5) is 11.6. The second-order valence-electron chi connectivity index (χ2n) is 5.35. The monoisotopic (exact) mass is 331 g/mol. The van der Waals surface area contributed by atoms with Crippen molar-refractivity contribution in [3.8, 4) is 5.75 Å². The maximum absolute atomic E-state index is 12.2. The van der Waals surface area contributed by atoms with E-state index in [4.69, 9.17) is 4.74 Å². The third-order valence-corrected chi connectivity index (χ3v) is 5.39. The van der Waals surface area contributed by atoms with Gasteiger partial charge >= 0.3 is 0 Å². The molecule has 0 aromatic heterocycles. The fraction of sp³-hybridized carbons (Fsp3) is 0.235. The summed E-state index contributed by atoms with van der Waals surface area (Å²) in [6.45, 7) is 0.0857.